The van der Waals surface area contributed by atoms with Crippen LogP contribution >= 0.6 is 15.9 Å². The van der Waals surface area contributed by atoms with Crippen molar-refractivity contribution in [2.24, 2.45) is 5.73 Å². The highest BCUT2D eigenvalue weighted by Crippen LogP contribution is 2.30. The van der Waals surface area contributed by atoms with Crippen LogP contribution in [0.25, 0.3) is 0 Å². The van der Waals surface area contributed by atoms with Crippen LogP contribution in [0, 0.1) is 5.82 Å². The van der Waals surface area contributed by atoms with Gasteiger partial charge >= 0.3 is 0 Å². The van der Waals surface area contributed by atoms with Crippen molar-refractivity contribution < 1.29 is 9.13 Å². The first-order valence-corrected chi connectivity index (χ1v) is 6.85. The van der Waals surface area contributed by atoms with Crippen LogP contribution < -0.4 is 10.5 Å². The van der Waals surface area contributed by atoms with Gasteiger partial charge in [0.05, 0.1) is 12.6 Å². The molecule has 2 nitrogen and oxygen atoms in total. The van der Waals surface area contributed by atoms with Crippen molar-refractivity contribution in [3.8, 4) is 5.75 Å². The fraction of sp³-hybridized carbons (Fsp3) is 0.200. The zero-order chi connectivity index (χ0) is 13.8. The smallest absolute Gasteiger partial charge is 0.128 e. The van der Waals surface area contributed by atoms with Gasteiger partial charge in [-0.25, -0.2) is 4.39 Å². The van der Waals surface area contributed by atoms with E-state index in [2.05, 4.69) is 15.9 Å². The Balaban J connectivity index is 2.43. The molecule has 2 N–H and O–H groups in total. The molecular formula is C15H15BrFNO. The van der Waals surface area contributed by atoms with Gasteiger partial charge in [-0.2, -0.15) is 0 Å². The summed E-state index contributed by atoms with van der Waals surface area (Å²) in [5.74, 6) is 0.374. The number of hydrogen-bond donors (Lipinski definition) is 1. The summed E-state index contributed by atoms with van der Waals surface area (Å²) >= 11 is 3.33. The summed E-state index contributed by atoms with van der Waals surface area (Å²) in [5, 5.41) is 0. The molecule has 0 fully saturated rings. The van der Waals surface area contributed by atoms with E-state index in [1.165, 1.54) is 6.07 Å². The normalized spacial score (nSPS) is 12.2. The molecule has 0 saturated heterocycles. The molecule has 0 spiro atoms. The van der Waals surface area contributed by atoms with Gasteiger partial charge in [0.15, 0.2) is 0 Å². The van der Waals surface area contributed by atoms with Crippen LogP contribution in [0.1, 0.15) is 24.1 Å². The van der Waals surface area contributed by atoms with Gasteiger partial charge in [0.1, 0.15) is 11.6 Å². The van der Waals surface area contributed by atoms with Crippen molar-refractivity contribution >= 4 is 15.9 Å². The molecule has 0 amide bonds. The van der Waals surface area contributed by atoms with Gasteiger partial charge < -0.3 is 10.5 Å². The molecule has 1 atom stereocenters. The van der Waals surface area contributed by atoms with E-state index in [1.807, 2.05) is 31.2 Å². The van der Waals surface area contributed by atoms with Crippen LogP contribution in [0.3, 0.4) is 0 Å². The van der Waals surface area contributed by atoms with E-state index in [0.29, 0.717) is 17.9 Å². The largest absolute Gasteiger partial charge is 0.494 e. The lowest BCUT2D eigenvalue weighted by atomic mass is 9.98. The quantitative estimate of drug-likeness (QED) is 0.921. The third-order valence-corrected chi connectivity index (χ3v) is 3.34. The molecular weight excluding hydrogens is 309 g/mol. The van der Waals surface area contributed by atoms with Gasteiger partial charge in [-0.3, -0.25) is 0 Å². The Morgan fingerprint density at radius 2 is 1.95 bits per heavy atom. The average Bonchev–Trinajstić information content (AvgIpc) is 2.42. The second kappa shape index (κ2) is 6.17. The summed E-state index contributed by atoms with van der Waals surface area (Å²) in [4.78, 5) is 0. The number of hydrogen-bond acceptors (Lipinski definition) is 2. The Bertz CT molecular complexity index is 574. The van der Waals surface area contributed by atoms with Crippen molar-refractivity contribution in [1.29, 1.82) is 0 Å². The summed E-state index contributed by atoms with van der Waals surface area (Å²) in [6.07, 6.45) is 0. The van der Waals surface area contributed by atoms with E-state index in [0.717, 1.165) is 10.0 Å². The molecule has 0 aliphatic carbocycles. The van der Waals surface area contributed by atoms with E-state index in [1.54, 1.807) is 12.1 Å². The maximum absolute atomic E-state index is 13.9. The first-order valence-electron chi connectivity index (χ1n) is 6.05. The minimum Gasteiger partial charge on any atom is -0.494 e. The molecule has 2 rings (SSSR count). The summed E-state index contributed by atoms with van der Waals surface area (Å²) in [6.45, 7) is 2.45. The summed E-state index contributed by atoms with van der Waals surface area (Å²) in [7, 11) is 0. The Morgan fingerprint density at radius 1 is 1.21 bits per heavy atom. The van der Waals surface area contributed by atoms with Crippen molar-refractivity contribution in [2.75, 3.05) is 6.61 Å². The van der Waals surface area contributed by atoms with E-state index >= 15 is 0 Å². The highest BCUT2D eigenvalue weighted by atomic mass is 79.9. The predicted molar refractivity (Wildman–Crippen MR) is 77.7 cm³/mol. The zero-order valence-electron chi connectivity index (χ0n) is 10.6. The van der Waals surface area contributed by atoms with Gasteiger partial charge in [0.2, 0.25) is 0 Å². The van der Waals surface area contributed by atoms with Crippen molar-refractivity contribution in [3.05, 3.63) is 63.9 Å². The average molecular weight is 324 g/mol. The van der Waals surface area contributed by atoms with Crippen molar-refractivity contribution in [1.82, 2.24) is 0 Å². The maximum atomic E-state index is 13.9. The van der Waals surface area contributed by atoms with Crippen LogP contribution in [-0.4, -0.2) is 6.61 Å². The highest BCUT2D eigenvalue weighted by Gasteiger charge is 2.17. The van der Waals surface area contributed by atoms with E-state index in [-0.39, 0.29) is 5.82 Å². The number of nitrogens with two attached hydrogens (primary N) is 1. The fourth-order valence-electron chi connectivity index (χ4n) is 1.94. The molecule has 0 aromatic heterocycles. The van der Waals surface area contributed by atoms with Gasteiger partial charge in [0, 0.05) is 15.6 Å². The molecule has 0 bridgehead atoms. The lowest BCUT2D eigenvalue weighted by Crippen LogP contribution is -2.15. The van der Waals surface area contributed by atoms with Crippen LogP contribution in [0.5, 0.6) is 5.75 Å². The third kappa shape index (κ3) is 3.14. The van der Waals surface area contributed by atoms with Crippen LogP contribution in [0.15, 0.2) is 46.9 Å². The number of para-hydroxylation sites is 1. The van der Waals surface area contributed by atoms with Gasteiger partial charge in [-0.1, -0.05) is 34.1 Å². The second-order valence-electron chi connectivity index (χ2n) is 4.11. The third-order valence-electron chi connectivity index (χ3n) is 2.85. The Hall–Kier alpha value is -1.39. The first kappa shape index (κ1) is 14.0. The number of benzene rings is 2. The second-order valence-corrected chi connectivity index (χ2v) is 5.03. The molecule has 2 aromatic carbocycles. The predicted octanol–water partition coefficient (Wildman–Crippen LogP) is 4.04. The zero-order valence-corrected chi connectivity index (χ0v) is 12.2. The molecule has 100 valence electrons. The monoisotopic (exact) mass is 323 g/mol. The standard InChI is InChI=1S/C15H15BrFNO/c1-2-19-14-6-4-3-5-11(14)15(18)12-9-10(16)7-8-13(12)17/h3-9,15H,2,18H2,1H3. The Labute approximate surface area is 120 Å². The molecule has 0 aliphatic rings. The lowest BCUT2D eigenvalue weighted by molar-refractivity contribution is 0.335. The van der Waals surface area contributed by atoms with Gasteiger partial charge in [-0.05, 0) is 31.2 Å². The van der Waals surface area contributed by atoms with Crippen molar-refractivity contribution in [3.63, 3.8) is 0 Å². The molecule has 4 heteroatoms. The molecule has 0 saturated carbocycles. The lowest BCUT2D eigenvalue weighted by Gasteiger charge is -2.17. The van der Waals surface area contributed by atoms with Gasteiger partial charge in [-0.15, -0.1) is 0 Å². The van der Waals surface area contributed by atoms with E-state index < -0.39 is 6.04 Å². The number of rotatable bonds is 4. The van der Waals surface area contributed by atoms with E-state index in [4.69, 9.17) is 10.5 Å². The summed E-state index contributed by atoms with van der Waals surface area (Å²) < 4.78 is 20.2. The van der Waals surface area contributed by atoms with Crippen molar-refractivity contribution in [2.45, 2.75) is 13.0 Å². The topological polar surface area (TPSA) is 35.2 Å². The molecule has 0 aliphatic heterocycles. The Morgan fingerprint density at radius 3 is 2.68 bits per heavy atom. The minimum atomic E-state index is -0.555. The molecule has 1 unspecified atom stereocenters. The van der Waals surface area contributed by atoms with Gasteiger partial charge in [0.25, 0.3) is 0 Å². The van der Waals surface area contributed by atoms with Crippen LogP contribution in [0.2, 0.25) is 0 Å². The number of halogens is 2. The molecule has 19 heavy (non-hydrogen) atoms. The minimum absolute atomic E-state index is 0.318. The SMILES string of the molecule is CCOc1ccccc1C(N)c1cc(Br)ccc1F. The summed E-state index contributed by atoms with van der Waals surface area (Å²) in [6, 6.07) is 11.6. The first-order chi connectivity index (χ1) is 9.13. The summed E-state index contributed by atoms with van der Waals surface area (Å²) in [5.41, 5.74) is 7.40. The molecule has 0 radical (unpaired) electrons. The molecule has 2 aromatic rings. The highest BCUT2D eigenvalue weighted by molar-refractivity contribution is 9.10. The number of ether oxygens (including phenoxy) is 1. The van der Waals surface area contributed by atoms with Crippen LogP contribution in [0.4, 0.5) is 4.39 Å². The van der Waals surface area contributed by atoms with E-state index in [9.17, 15) is 4.39 Å². The molecule has 0 heterocycles. The maximum Gasteiger partial charge on any atom is 0.128 e. The van der Waals surface area contributed by atoms with Crippen LogP contribution in [-0.2, 0) is 0 Å². The Kier molecular flexibility index (Phi) is 4.56. The fourth-order valence-corrected chi connectivity index (χ4v) is 2.32.